The van der Waals surface area contributed by atoms with Gasteiger partial charge in [-0.1, -0.05) is 59.7 Å². The maximum atomic E-state index is 13.7. The molecule has 2 saturated heterocycles. The van der Waals surface area contributed by atoms with E-state index in [2.05, 4.69) is 67.3 Å². The summed E-state index contributed by atoms with van der Waals surface area (Å²) < 4.78 is 1.92. The number of aryl methyl sites for hydroxylation is 2. The maximum absolute atomic E-state index is 13.7. The van der Waals surface area contributed by atoms with Crippen molar-refractivity contribution in [3.63, 3.8) is 0 Å². The smallest absolute Gasteiger partial charge is 0.257 e. The molecule has 0 radical (unpaired) electrons. The molecule has 0 spiro atoms. The minimum absolute atomic E-state index is 0.112. The van der Waals surface area contributed by atoms with Gasteiger partial charge in [-0.25, -0.2) is 0 Å². The SMILES string of the molecule is Cc1ccc(Cn2cc(C(=O)N3CCC(N4CCCC4)CC3)c(-c3ccc(C)cc3)n2)cc1. The number of aromatic nitrogens is 2. The van der Waals surface area contributed by atoms with Gasteiger partial charge in [0.1, 0.15) is 5.69 Å². The van der Waals surface area contributed by atoms with Crippen LogP contribution >= 0.6 is 0 Å². The summed E-state index contributed by atoms with van der Waals surface area (Å²) in [6, 6.07) is 17.5. The number of hydrogen-bond donors (Lipinski definition) is 0. The fourth-order valence-electron chi connectivity index (χ4n) is 5.18. The Balaban J connectivity index is 1.38. The molecule has 5 rings (SSSR count). The van der Waals surface area contributed by atoms with Gasteiger partial charge in [-0.15, -0.1) is 0 Å². The van der Waals surface area contributed by atoms with Crippen LogP contribution in [-0.2, 0) is 6.54 Å². The number of benzene rings is 2. The first-order valence-electron chi connectivity index (χ1n) is 12.3. The van der Waals surface area contributed by atoms with Crippen LogP contribution in [-0.4, -0.2) is 57.7 Å². The Kier molecular flexibility index (Phi) is 6.32. The van der Waals surface area contributed by atoms with E-state index >= 15 is 0 Å². The first kappa shape index (κ1) is 21.9. The molecule has 5 nitrogen and oxygen atoms in total. The molecule has 0 unspecified atom stereocenters. The monoisotopic (exact) mass is 442 g/mol. The third-order valence-corrected chi connectivity index (χ3v) is 7.19. The zero-order valence-electron chi connectivity index (χ0n) is 19.8. The number of rotatable bonds is 5. The number of amides is 1. The van der Waals surface area contributed by atoms with Crippen LogP contribution in [0, 0.1) is 13.8 Å². The lowest BCUT2D eigenvalue weighted by Gasteiger charge is -2.36. The number of likely N-dealkylation sites (tertiary alicyclic amines) is 2. The van der Waals surface area contributed by atoms with Crippen molar-refractivity contribution in [1.82, 2.24) is 19.6 Å². The lowest BCUT2D eigenvalue weighted by atomic mass is 10.0. The molecule has 172 valence electrons. The van der Waals surface area contributed by atoms with Crippen LogP contribution in [0.1, 0.15) is 52.7 Å². The van der Waals surface area contributed by atoms with Crippen molar-refractivity contribution in [3.8, 4) is 11.3 Å². The highest BCUT2D eigenvalue weighted by Gasteiger charge is 2.30. The van der Waals surface area contributed by atoms with Crippen molar-refractivity contribution >= 4 is 5.91 Å². The van der Waals surface area contributed by atoms with E-state index in [1.165, 1.54) is 42.6 Å². The van der Waals surface area contributed by atoms with Gasteiger partial charge in [0.05, 0.1) is 12.1 Å². The van der Waals surface area contributed by atoms with Crippen molar-refractivity contribution in [2.45, 2.75) is 52.1 Å². The standard InChI is InChI=1S/C28H34N4O/c1-21-5-9-23(10-6-21)19-32-20-26(27(29-32)24-11-7-22(2)8-12-24)28(33)31-17-13-25(14-18-31)30-15-3-4-16-30/h5-12,20,25H,3-4,13-19H2,1-2H3. The zero-order chi connectivity index (χ0) is 22.8. The second-order valence-corrected chi connectivity index (χ2v) is 9.71. The zero-order valence-corrected chi connectivity index (χ0v) is 19.8. The normalized spacial score (nSPS) is 17.6. The van der Waals surface area contributed by atoms with Gasteiger partial charge in [0.25, 0.3) is 5.91 Å². The fourth-order valence-corrected chi connectivity index (χ4v) is 5.18. The van der Waals surface area contributed by atoms with Gasteiger partial charge in [-0.2, -0.15) is 5.10 Å². The van der Waals surface area contributed by atoms with Crippen LogP contribution in [0.5, 0.6) is 0 Å². The Morgan fingerprint density at radius 1 is 0.879 bits per heavy atom. The Morgan fingerprint density at radius 2 is 1.48 bits per heavy atom. The molecule has 0 bridgehead atoms. The largest absolute Gasteiger partial charge is 0.338 e. The molecular formula is C28H34N4O. The first-order valence-corrected chi connectivity index (χ1v) is 12.3. The van der Waals surface area contributed by atoms with E-state index < -0.39 is 0 Å². The number of nitrogens with zero attached hydrogens (tertiary/aromatic N) is 4. The number of carbonyl (C=O) groups excluding carboxylic acids is 1. The molecule has 2 aromatic carbocycles. The molecule has 1 amide bonds. The molecule has 5 heteroatoms. The quantitative estimate of drug-likeness (QED) is 0.563. The van der Waals surface area contributed by atoms with Crippen LogP contribution in [0.3, 0.4) is 0 Å². The van der Waals surface area contributed by atoms with Crippen LogP contribution < -0.4 is 0 Å². The Bertz CT molecular complexity index is 1090. The van der Waals surface area contributed by atoms with Gasteiger partial charge in [0.2, 0.25) is 0 Å². The van der Waals surface area contributed by atoms with E-state index in [0.29, 0.717) is 18.2 Å². The van der Waals surface area contributed by atoms with E-state index in [4.69, 9.17) is 5.10 Å². The van der Waals surface area contributed by atoms with Crippen LogP contribution in [0.25, 0.3) is 11.3 Å². The summed E-state index contributed by atoms with van der Waals surface area (Å²) in [6.07, 6.45) is 6.73. The number of carbonyl (C=O) groups is 1. The van der Waals surface area contributed by atoms with E-state index in [-0.39, 0.29) is 5.91 Å². The van der Waals surface area contributed by atoms with E-state index in [0.717, 1.165) is 37.2 Å². The van der Waals surface area contributed by atoms with E-state index in [9.17, 15) is 4.79 Å². The first-order chi connectivity index (χ1) is 16.1. The summed E-state index contributed by atoms with van der Waals surface area (Å²) in [5, 5.41) is 4.88. The summed E-state index contributed by atoms with van der Waals surface area (Å²) in [7, 11) is 0. The van der Waals surface area contributed by atoms with E-state index in [1.807, 2.05) is 15.8 Å². The van der Waals surface area contributed by atoms with Crippen LogP contribution in [0.4, 0.5) is 0 Å². The molecule has 0 saturated carbocycles. The highest BCUT2D eigenvalue weighted by molar-refractivity contribution is 5.99. The molecule has 1 aromatic heterocycles. The molecule has 33 heavy (non-hydrogen) atoms. The fraction of sp³-hybridized carbons (Fsp3) is 0.429. The lowest BCUT2D eigenvalue weighted by Crippen LogP contribution is -2.45. The summed E-state index contributed by atoms with van der Waals surface area (Å²) in [6.45, 7) is 8.94. The average molecular weight is 443 g/mol. The molecule has 2 aliphatic heterocycles. The predicted molar refractivity (Wildman–Crippen MR) is 132 cm³/mol. The summed E-state index contributed by atoms with van der Waals surface area (Å²) in [5.41, 5.74) is 6.13. The van der Waals surface area contributed by atoms with Gasteiger partial charge < -0.3 is 9.80 Å². The Labute approximate surface area is 197 Å². The molecule has 0 N–H and O–H groups in total. The third kappa shape index (κ3) is 4.88. The van der Waals surface area contributed by atoms with Gasteiger partial charge in [-0.3, -0.25) is 9.48 Å². The summed E-state index contributed by atoms with van der Waals surface area (Å²) >= 11 is 0. The predicted octanol–water partition coefficient (Wildman–Crippen LogP) is 4.92. The Hall–Kier alpha value is -2.92. The third-order valence-electron chi connectivity index (χ3n) is 7.19. The summed E-state index contributed by atoms with van der Waals surface area (Å²) in [4.78, 5) is 18.3. The van der Waals surface area contributed by atoms with Crippen LogP contribution in [0.2, 0.25) is 0 Å². The van der Waals surface area contributed by atoms with Crippen molar-refractivity contribution in [2.24, 2.45) is 0 Å². The van der Waals surface area contributed by atoms with Crippen molar-refractivity contribution in [3.05, 3.63) is 77.0 Å². The molecule has 2 fully saturated rings. The van der Waals surface area contributed by atoms with Gasteiger partial charge >= 0.3 is 0 Å². The highest BCUT2D eigenvalue weighted by atomic mass is 16.2. The average Bonchev–Trinajstić information content (AvgIpc) is 3.51. The van der Waals surface area contributed by atoms with E-state index in [1.54, 1.807) is 0 Å². The van der Waals surface area contributed by atoms with Gasteiger partial charge in [0.15, 0.2) is 0 Å². The van der Waals surface area contributed by atoms with Crippen molar-refractivity contribution in [2.75, 3.05) is 26.2 Å². The summed E-state index contributed by atoms with van der Waals surface area (Å²) in [5.74, 6) is 0.112. The minimum Gasteiger partial charge on any atom is -0.338 e. The highest BCUT2D eigenvalue weighted by Crippen LogP contribution is 2.27. The maximum Gasteiger partial charge on any atom is 0.257 e. The van der Waals surface area contributed by atoms with Gasteiger partial charge in [0, 0.05) is 30.9 Å². The van der Waals surface area contributed by atoms with Gasteiger partial charge in [-0.05, 0) is 58.2 Å². The van der Waals surface area contributed by atoms with Crippen molar-refractivity contribution < 1.29 is 4.79 Å². The lowest BCUT2D eigenvalue weighted by molar-refractivity contribution is 0.0645. The topological polar surface area (TPSA) is 41.4 Å². The molecule has 0 atom stereocenters. The van der Waals surface area contributed by atoms with Crippen molar-refractivity contribution in [1.29, 1.82) is 0 Å². The molecule has 3 heterocycles. The Morgan fingerprint density at radius 3 is 2.12 bits per heavy atom. The molecule has 2 aliphatic rings. The molecular weight excluding hydrogens is 408 g/mol. The minimum atomic E-state index is 0.112. The second-order valence-electron chi connectivity index (χ2n) is 9.71. The number of piperidine rings is 1. The van der Waals surface area contributed by atoms with Crippen LogP contribution in [0.15, 0.2) is 54.7 Å². The second kappa shape index (κ2) is 9.52. The number of hydrogen-bond acceptors (Lipinski definition) is 3. The molecule has 3 aromatic rings. The molecule has 0 aliphatic carbocycles.